The Hall–Kier alpha value is -2.09. The van der Waals surface area contributed by atoms with Crippen LogP contribution in [0.25, 0.3) is 0 Å². The summed E-state index contributed by atoms with van der Waals surface area (Å²) in [5.74, 6) is -1.25. The molecule has 0 radical (unpaired) electrons. The summed E-state index contributed by atoms with van der Waals surface area (Å²) in [6.45, 7) is 1.15. The van der Waals surface area contributed by atoms with Crippen molar-refractivity contribution >= 4 is 11.8 Å². The number of nitrogens with zero attached hydrogens (tertiary/aromatic N) is 1. The standard InChI is InChI=1S/C15H18F3N3O2/c1-21(10-6-7-19-8-10)13(22)9-20-14(23)11-4-2-3-5-12(11)15(16,17)18/h2-5,10,19H,6-9H2,1H3,(H,20,23). The van der Waals surface area contributed by atoms with Crippen molar-refractivity contribution in [2.45, 2.75) is 18.6 Å². The number of nitrogens with one attached hydrogen (secondary N) is 2. The average molecular weight is 329 g/mol. The molecular weight excluding hydrogens is 311 g/mol. The second-order valence-corrected chi connectivity index (χ2v) is 5.38. The number of carbonyl (C=O) groups excluding carboxylic acids is 2. The van der Waals surface area contributed by atoms with Gasteiger partial charge in [0.1, 0.15) is 0 Å². The van der Waals surface area contributed by atoms with Crippen LogP contribution in [0.15, 0.2) is 24.3 Å². The maximum Gasteiger partial charge on any atom is 0.417 e. The Labute approximate surface area is 131 Å². The molecule has 1 fully saturated rings. The smallest absolute Gasteiger partial charge is 0.343 e. The Morgan fingerprint density at radius 1 is 1.35 bits per heavy atom. The zero-order valence-corrected chi connectivity index (χ0v) is 12.6. The summed E-state index contributed by atoms with van der Waals surface area (Å²) >= 11 is 0. The lowest BCUT2D eigenvalue weighted by Gasteiger charge is -2.24. The van der Waals surface area contributed by atoms with Crippen molar-refractivity contribution in [1.82, 2.24) is 15.5 Å². The normalized spacial score (nSPS) is 17.8. The molecule has 0 saturated carbocycles. The lowest BCUT2D eigenvalue weighted by atomic mass is 10.1. The number of carbonyl (C=O) groups is 2. The van der Waals surface area contributed by atoms with Crippen LogP contribution in [0.5, 0.6) is 0 Å². The monoisotopic (exact) mass is 329 g/mol. The molecule has 1 aromatic rings. The van der Waals surface area contributed by atoms with Gasteiger partial charge in [0.25, 0.3) is 5.91 Å². The molecule has 1 saturated heterocycles. The second kappa shape index (κ2) is 6.99. The third kappa shape index (κ3) is 4.22. The highest BCUT2D eigenvalue weighted by Crippen LogP contribution is 2.31. The maximum atomic E-state index is 12.9. The number of halogens is 3. The van der Waals surface area contributed by atoms with E-state index in [1.807, 2.05) is 0 Å². The van der Waals surface area contributed by atoms with Gasteiger partial charge in [-0.05, 0) is 25.1 Å². The number of benzene rings is 1. The molecule has 1 unspecified atom stereocenters. The Morgan fingerprint density at radius 3 is 2.65 bits per heavy atom. The van der Waals surface area contributed by atoms with Crippen LogP contribution in [0.3, 0.4) is 0 Å². The first-order valence-corrected chi connectivity index (χ1v) is 7.21. The predicted molar refractivity (Wildman–Crippen MR) is 77.8 cm³/mol. The number of hydrogen-bond donors (Lipinski definition) is 2. The molecule has 2 rings (SSSR count). The molecule has 0 bridgehead atoms. The van der Waals surface area contributed by atoms with Crippen LogP contribution in [0.4, 0.5) is 13.2 Å². The van der Waals surface area contributed by atoms with Crippen LogP contribution < -0.4 is 10.6 Å². The van der Waals surface area contributed by atoms with E-state index in [2.05, 4.69) is 10.6 Å². The summed E-state index contributed by atoms with van der Waals surface area (Å²) in [6, 6.07) is 4.54. The molecule has 1 heterocycles. The Kier molecular flexibility index (Phi) is 5.25. The largest absolute Gasteiger partial charge is 0.417 e. The summed E-state index contributed by atoms with van der Waals surface area (Å²) in [5.41, 5.74) is -1.50. The SMILES string of the molecule is CN(C(=O)CNC(=O)c1ccccc1C(F)(F)F)C1CCNC1. The maximum absolute atomic E-state index is 12.9. The van der Waals surface area contributed by atoms with E-state index < -0.39 is 23.2 Å². The second-order valence-electron chi connectivity index (χ2n) is 5.38. The molecule has 1 atom stereocenters. The van der Waals surface area contributed by atoms with Gasteiger partial charge in [0.15, 0.2) is 0 Å². The first-order valence-electron chi connectivity index (χ1n) is 7.21. The Morgan fingerprint density at radius 2 is 2.04 bits per heavy atom. The van der Waals surface area contributed by atoms with E-state index in [0.29, 0.717) is 6.54 Å². The number of amides is 2. The van der Waals surface area contributed by atoms with Gasteiger partial charge in [-0.1, -0.05) is 12.1 Å². The van der Waals surface area contributed by atoms with E-state index in [4.69, 9.17) is 0 Å². The molecular formula is C15H18F3N3O2. The van der Waals surface area contributed by atoms with Crippen molar-refractivity contribution in [3.8, 4) is 0 Å². The lowest BCUT2D eigenvalue weighted by molar-refractivity contribution is -0.137. The van der Waals surface area contributed by atoms with E-state index in [9.17, 15) is 22.8 Å². The van der Waals surface area contributed by atoms with Gasteiger partial charge < -0.3 is 15.5 Å². The fourth-order valence-corrected chi connectivity index (χ4v) is 2.48. The molecule has 8 heteroatoms. The van der Waals surface area contributed by atoms with Crippen LogP contribution in [0.1, 0.15) is 22.3 Å². The molecule has 23 heavy (non-hydrogen) atoms. The molecule has 1 aliphatic heterocycles. The fraction of sp³-hybridized carbons (Fsp3) is 0.467. The highest BCUT2D eigenvalue weighted by atomic mass is 19.4. The summed E-state index contributed by atoms with van der Waals surface area (Å²) in [5, 5.41) is 5.38. The summed E-state index contributed by atoms with van der Waals surface area (Å²) in [6.07, 6.45) is -3.81. The van der Waals surface area contributed by atoms with E-state index in [0.717, 1.165) is 25.1 Å². The molecule has 2 amide bonds. The van der Waals surface area contributed by atoms with Gasteiger partial charge >= 0.3 is 6.18 Å². The van der Waals surface area contributed by atoms with Gasteiger partial charge in [0, 0.05) is 19.6 Å². The topological polar surface area (TPSA) is 61.4 Å². The van der Waals surface area contributed by atoms with Crippen molar-refractivity contribution in [3.63, 3.8) is 0 Å². The Balaban J connectivity index is 1.99. The van der Waals surface area contributed by atoms with Crippen molar-refractivity contribution in [1.29, 1.82) is 0 Å². The zero-order chi connectivity index (χ0) is 17.0. The van der Waals surface area contributed by atoms with Gasteiger partial charge in [-0.2, -0.15) is 13.2 Å². The van der Waals surface area contributed by atoms with Crippen LogP contribution in [-0.4, -0.2) is 49.4 Å². The molecule has 1 aromatic carbocycles. The van der Waals surface area contributed by atoms with Crippen molar-refractivity contribution in [2.75, 3.05) is 26.7 Å². The molecule has 0 aromatic heterocycles. The minimum Gasteiger partial charge on any atom is -0.343 e. The molecule has 126 valence electrons. The highest BCUT2D eigenvalue weighted by Gasteiger charge is 2.35. The zero-order valence-electron chi connectivity index (χ0n) is 12.6. The molecule has 5 nitrogen and oxygen atoms in total. The van der Waals surface area contributed by atoms with Gasteiger partial charge in [-0.3, -0.25) is 9.59 Å². The van der Waals surface area contributed by atoms with Crippen LogP contribution in [-0.2, 0) is 11.0 Å². The van der Waals surface area contributed by atoms with Crippen LogP contribution in [0.2, 0.25) is 0 Å². The quantitative estimate of drug-likeness (QED) is 0.874. The van der Waals surface area contributed by atoms with E-state index in [-0.39, 0.29) is 18.5 Å². The first-order chi connectivity index (χ1) is 10.8. The molecule has 2 N–H and O–H groups in total. The van der Waals surface area contributed by atoms with E-state index >= 15 is 0 Å². The highest BCUT2D eigenvalue weighted by molar-refractivity contribution is 5.97. The van der Waals surface area contributed by atoms with E-state index in [1.165, 1.54) is 17.0 Å². The van der Waals surface area contributed by atoms with Gasteiger partial charge in [0.2, 0.25) is 5.91 Å². The van der Waals surface area contributed by atoms with Crippen LogP contribution in [0, 0.1) is 0 Å². The number of hydrogen-bond acceptors (Lipinski definition) is 3. The summed E-state index contributed by atoms with van der Waals surface area (Å²) in [7, 11) is 1.62. The van der Waals surface area contributed by atoms with Gasteiger partial charge in [-0.15, -0.1) is 0 Å². The number of likely N-dealkylation sites (N-methyl/N-ethyl adjacent to an activating group) is 1. The summed E-state index contributed by atoms with van der Waals surface area (Å²) in [4.78, 5) is 25.5. The Bertz CT molecular complexity index is 584. The fourth-order valence-electron chi connectivity index (χ4n) is 2.48. The lowest BCUT2D eigenvalue weighted by Crippen LogP contribution is -2.44. The number of alkyl halides is 3. The van der Waals surface area contributed by atoms with Crippen molar-refractivity contribution < 1.29 is 22.8 Å². The van der Waals surface area contributed by atoms with Crippen molar-refractivity contribution in [2.24, 2.45) is 0 Å². The number of rotatable bonds is 4. The van der Waals surface area contributed by atoms with E-state index in [1.54, 1.807) is 7.05 Å². The predicted octanol–water partition coefficient (Wildman–Crippen LogP) is 1.26. The summed E-state index contributed by atoms with van der Waals surface area (Å²) < 4.78 is 38.6. The molecule has 1 aliphatic rings. The van der Waals surface area contributed by atoms with Gasteiger partial charge in [0.05, 0.1) is 17.7 Å². The molecule has 0 aliphatic carbocycles. The average Bonchev–Trinajstić information content (AvgIpc) is 3.05. The third-order valence-corrected chi connectivity index (χ3v) is 3.85. The third-order valence-electron chi connectivity index (χ3n) is 3.85. The molecule has 0 spiro atoms. The van der Waals surface area contributed by atoms with Gasteiger partial charge in [-0.25, -0.2) is 0 Å². The minimum absolute atomic E-state index is 0.0434. The van der Waals surface area contributed by atoms with Crippen molar-refractivity contribution in [3.05, 3.63) is 35.4 Å². The minimum atomic E-state index is -4.62. The van der Waals surface area contributed by atoms with Crippen LogP contribution >= 0.6 is 0 Å². The first kappa shape index (κ1) is 17.3.